The molecule has 120 valence electrons. The van der Waals surface area contributed by atoms with E-state index in [0.29, 0.717) is 18.7 Å². The summed E-state index contributed by atoms with van der Waals surface area (Å²) in [7, 11) is 1.37. The zero-order valence-electron chi connectivity index (χ0n) is 12.7. The summed E-state index contributed by atoms with van der Waals surface area (Å²) in [6, 6.07) is 9.13. The Balaban J connectivity index is 1.71. The molecule has 0 radical (unpaired) electrons. The molecule has 0 aliphatic carbocycles. The quantitative estimate of drug-likeness (QED) is 0.800. The molecule has 0 saturated carbocycles. The molecule has 1 aromatic heterocycles. The summed E-state index contributed by atoms with van der Waals surface area (Å²) in [5.41, 5.74) is 1.50. The number of thioether (sulfide) groups is 1. The lowest BCUT2D eigenvalue weighted by atomic mass is 10.1. The summed E-state index contributed by atoms with van der Waals surface area (Å²) in [4.78, 5) is 26.0. The van der Waals surface area contributed by atoms with Crippen molar-refractivity contribution in [3.8, 4) is 5.69 Å². The van der Waals surface area contributed by atoms with Gasteiger partial charge in [-0.25, -0.2) is 4.68 Å². The molecular weight excluding hydrogens is 314 g/mol. The highest BCUT2D eigenvalue weighted by molar-refractivity contribution is 8.00. The van der Waals surface area contributed by atoms with Crippen LogP contribution in [0, 0.1) is 0 Å². The lowest BCUT2D eigenvalue weighted by Crippen LogP contribution is -2.44. The SMILES string of the molecule is COC(=O)[C@@H]1CN(C(=O)c2ccc(-n3cccn3)cc2)CCS1. The van der Waals surface area contributed by atoms with Crippen molar-refractivity contribution in [2.45, 2.75) is 5.25 Å². The highest BCUT2D eigenvalue weighted by Crippen LogP contribution is 2.21. The Hall–Kier alpha value is -2.28. The van der Waals surface area contributed by atoms with Gasteiger partial charge in [-0.05, 0) is 30.3 Å². The average molecular weight is 331 g/mol. The van der Waals surface area contributed by atoms with Crippen molar-refractivity contribution in [2.75, 3.05) is 26.0 Å². The molecule has 1 saturated heterocycles. The number of methoxy groups -OCH3 is 1. The van der Waals surface area contributed by atoms with Crippen LogP contribution in [0.1, 0.15) is 10.4 Å². The smallest absolute Gasteiger partial charge is 0.320 e. The average Bonchev–Trinajstić information content (AvgIpc) is 3.15. The van der Waals surface area contributed by atoms with Crippen molar-refractivity contribution in [3.63, 3.8) is 0 Å². The molecule has 1 fully saturated rings. The van der Waals surface area contributed by atoms with E-state index in [9.17, 15) is 9.59 Å². The van der Waals surface area contributed by atoms with Crippen LogP contribution in [-0.2, 0) is 9.53 Å². The maximum atomic E-state index is 12.6. The molecule has 23 heavy (non-hydrogen) atoms. The summed E-state index contributed by atoms with van der Waals surface area (Å²) >= 11 is 1.53. The number of aromatic nitrogens is 2. The third-order valence-corrected chi connectivity index (χ3v) is 4.86. The molecule has 1 amide bonds. The Labute approximate surface area is 138 Å². The third-order valence-electron chi connectivity index (χ3n) is 3.70. The molecule has 1 aliphatic heterocycles. The van der Waals surface area contributed by atoms with Crippen molar-refractivity contribution in [1.82, 2.24) is 14.7 Å². The molecule has 2 heterocycles. The topological polar surface area (TPSA) is 64.4 Å². The first-order valence-corrected chi connectivity index (χ1v) is 8.32. The minimum Gasteiger partial charge on any atom is -0.468 e. The van der Waals surface area contributed by atoms with E-state index in [1.54, 1.807) is 27.9 Å². The van der Waals surface area contributed by atoms with Crippen molar-refractivity contribution >= 4 is 23.6 Å². The van der Waals surface area contributed by atoms with Crippen LogP contribution < -0.4 is 0 Å². The molecule has 3 rings (SSSR count). The van der Waals surface area contributed by atoms with Crippen LogP contribution in [0.2, 0.25) is 0 Å². The molecule has 0 N–H and O–H groups in total. The summed E-state index contributed by atoms with van der Waals surface area (Å²) in [6.45, 7) is 1.02. The van der Waals surface area contributed by atoms with Crippen LogP contribution in [0.5, 0.6) is 0 Å². The summed E-state index contributed by atoms with van der Waals surface area (Å²) < 4.78 is 6.51. The van der Waals surface area contributed by atoms with Gasteiger partial charge in [0.05, 0.1) is 12.8 Å². The molecule has 7 heteroatoms. The van der Waals surface area contributed by atoms with Gasteiger partial charge in [0.15, 0.2) is 0 Å². The normalized spacial score (nSPS) is 17.8. The largest absolute Gasteiger partial charge is 0.468 e. The fourth-order valence-corrected chi connectivity index (χ4v) is 3.60. The van der Waals surface area contributed by atoms with E-state index in [-0.39, 0.29) is 17.1 Å². The summed E-state index contributed by atoms with van der Waals surface area (Å²) in [5, 5.41) is 3.85. The highest BCUT2D eigenvalue weighted by atomic mass is 32.2. The van der Waals surface area contributed by atoms with Gasteiger partial charge in [0.1, 0.15) is 5.25 Å². The van der Waals surface area contributed by atoms with E-state index in [0.717, 1.165) is 11.4 Å². The minimum absolute atomic E-state index is 0.0637. The number of carbonyl (C=O) groups excluding carboxylic acids is 2. The summed E-state index contributed by atoms with van der Waals surface area (Å²) in [5.74, 6) is 0.393. The zero-order chi connectivity index (χ0) is 16.2. The second kappa shape index (κ2) is 6.87. The molecular formula is C16H17N3O3S. The Morgan fingerprint density at radius 1 is 1.30 bits per heavy atom. The van der Waals surface area contributed by atoms with E-state index >= 15 is 0 Å². The van der Waals surface area contributed by atoms with Crippen LogP contribution in [0.4, 0.5) is 0 Å². The van der Waals surface area contributed by atoms with Gasteiger partial charge in [0.25, 0.3) is 5.91 Å². The fourth-order valence-electron chi connectivity index (χ4n) is 2.47. The van der Waals surface area contributed by atoms with Crippen molar-refractivity contribution in [3.05, 3.63) is 48.3 Å². The van der Waals surface area contributed by atoms with Gasteiger partial charge in [-0.15, -0.1) is 11.8 Å². The minimum atomic E-state index is -0.305. The third kappa shape index (κ3) is 3.39. The molecule has 0 unspecified atom stereocenters. The van der Waals surface area contributed by atoms with Crippen molar-refractivity contribution < 1.29 is 14.3 Å². The van der Waals surface area contributed by atoms with Gasteiger partial charge in [-0.2, -0.15) is 5.10 Å². The first-order chi connectivity index (χ1) is 11.2. The second-order valence-electron chi connectivity index (χ2n) is 5.13. The van der Waals surface area contributed by atoms with Gasteiger partial charge in [0, 0.05) is 36.8 Å². The molecule has 1 atom stereocenters. The van der Waals surface area contributed by atoms with E-state index in [2.05, 4.69) is 5.10 Å². The summed E-state index contributed by atoms with van der Waals surface area (Å²) in [6.07, 6.45) is 3.55. The zero-order valence-corrected chi connectivity index (χ0v) is 13.5. The van der Waals surface area contributed by atoms with Crippen LogP contribution in [0.3, 0.4) is 0 Å². The standard InChI is InChI=1S/C16H17N3O3S/c1-22-16(21)14-11-18(9-10-23-14)15(20)12-3-5-13(6-4-12)19-8-2-7-17-19/h2-8,14H,9-11H2,1H3/t14-/m0/s1. The molecule has 1 aromatic carbocycles. The number of amides is 1. The van der Waals surface area contributed by atoms with Gasteiger partial charge in [0.2, 0.25) is 0 Å². The molecule has 2 aromatic rings. The first kappa shape index (κ1) is 15.6. The molecule has 6 nitrogen and oxygen atoms in total. The van der Waals surface area contributed by atoms with Crippen molar-refractivity contribution in [2.24, 2.45) is 0 Å². The van der Waals surface area contributed by atoms with Gasteiger partial charge >= 0.3 is 5.97 Å². The van der Waals surface area contributed by atoms with E-state index < -0.39 is 0 Å². The number of hydrogen-bond donors (Lipinski definition) is 0. The fraction of sp³-hybridized carbons (Fsp3) is 0.312. The van der Waals surface area contributed by atoms with Crippen LogP contribution in [0.15, 0.2) is 42.7 Å². The van der Waals surface area contributed by atoms with Gasteiger partial charge < -0.3 is 9.64 Å². The second-order valence-corrected chi connectivity index (χ2v) is 6.44. The van der Waals surface area contributed by atoms with Crippen LogP contribution in [0.25, 0.3) is 5.69 Å². The monoisotopic (exact) mass is 331 g/mol. The van der Waals surface area contributed by atoms with E-state index in [4.69, 9.17) is 4.74 Å². The number of nitrogens with zero attached hydrogens (tertiary/aromatic N) is 3. The number of carbonyl (C=O) groups is 2. The number of benzene rings is 1. The lowest BCUT2D eigenvalue weighted by Gasteiger charge is -2.31. The highest BCUT2D eigenvalue weighted by Gasteiger charge is 2.30. The molecule has 0 spiro atoms. The number of hydrogen-bond acceptors (Lipinski definition) is 5. The predicted molar refractivity (Wildman–Crippen MR) is 87.7 cm³/mol. The Morgan fingerprint density at radius 3 is 2.74 bits per heavy atom. The molecule has 0 bridgehead atoms. The maximum Gasteiger partial charge on any atom is 0.320 e. The predicted octanol–water partition coefficient (Wildman–Crippen LogP) is 1.60. The van der Waals surface area contributed by atoms with Gasteiger partial charge in [-0.3, -0.25) is 9.59 Å². The number of esters is 1. The van der Waals surface area contributed by atoms with E-state index in [1.165, 1.54) is 18.9 Å². The van der Waals surface area contributed by atoms with Crippen LogP contribution >= 0.6 is 11.8 Å². The van der Waals surface area contributed by atoms with E-state index in [1.807, 2.05) is 24.4 Å². The Morgan fingerprint density at radius 2 is 2.09 bits per heavy atom. The lowest BCUT2D eigenvalue weighted by molar-refractivity contribution is -0.140. The molecule has 1 aliphatic rings. The van der Waals surface area contributed by atoms with Crippen molar-refractivity contribution in [1.29, 1.82) is 0 Å². The number of ether oxygens (including phenoxy) is 1. The Bertz CT molecular complexity index is 685. The van der Waals surface area contributed by atoms with Gasteiger partial charge in [-0.1, -0.05) is 0 Å². The maximum absolute atomic E-state index is 12.6. The van der Waals surface area contributed by atoms with Crippen LogP contribution in [-0.4, -0.2) is 57.8 Å². The first-order valence-electron chi connectivity index (χ1n) is 7.28. The Kier molecular flexibility index (Phi) is 4.66. The number of rotatable bonds is 3.